The lowest BCUT2D eigenvalue weighted by atomic mass is 10.1. The number of amides is 1. The number of likely N-dealkylation sites (tertiary alicyclic amines) is 1. The van der Waals surface area contributed by atoms with Gasteiger partial charge in [0.05, 0.1) is 11.9 Å². The van der Waals surface area contributed by atoms with E-state index in [0.717, 1.165) is 24.3 Å². The van der Waals surface area contributed by atoms with E-state index in [1.165, 1.54) is 11.8 Å². The summed E-state index contributed by atoms with van der Waals surface area (Å²) in [6.07, 6.45) is 4.79. The van der Waals surface area contributed by atoms with Crippen LogP contribution in [0.3, 0.4) is 0 Å². The highest BCUT2D eigenvalue weighted by molar-refractivity contribution is 8.00. The van der Waals surface area contributed by atoms with Gasteiger partial charge in [0.2, 0.25) is 5.91 Å². The molecule has 1 aromatic heterocycles. The Kier molecular flexibility index (Phi) is 4.39. The van der Waals surface area contributed by atoms with E-state index in [9.17, 15) is 9.90 Å². The molecule has 0 saturated carbocycles. The second-order valence-electron chi connectivity index (χ2n) is 4.11. The van der Waals surface area contributed by atoms with E-state index in [2.05, 4.69) is 4.98 Å². The molecular formula is C12H16N2O2S. The van der Waals surface area contributed by atoms with Crippen LogP contribution in [0.25, 0.3) is 0 Å². The van der Waals surface area contributed by atoms with E-state index >= 15 is 0 Å². The molecule has 1 atom stereocenters. The molecule has 2 heterocycles. The summed E-state index contributed by atoms with van der Waals surface area (Å²) in [5.74, 6) is 0.530. The van der Waals surface area contributed by atoms with Crippen molar-refractivity contribution in [3.63, 3.8) is 0 Å². The lowest BCUT2D eigenvalue weighted by Gasteiger charge is -2.30. The molecule has 1 aliphatic rings. The van der Waals surface area contributed by atoms with Gasteiger partial charge in [0.25, 0.3) is 0 Å². The summed E-state index contributed by atoms with van der Waals surface area (Å²) >= 11 is 1.51. The molecule has 5 heteroatoms. The third kappa shape index (κ3) is 3.71. The fourth-order valence-electron chi connectivity index (χ4n) is 1.85. The quantitative estimate of drug-likeness (QED) is 0.820. The van der Waals surface area contributed by atoms with E-state index < -0.39 is 0 Å². The van der Waals surface area contributed by atoms with Crippen molar-refractivity contribution in [1.82, 2.24) is 9.88 Å². The van der Waals surface area contributed by atoms with Gasteiger partial charge in [-0.1, -0.05) is 0 Å². The van der Waals surface area contributed by atoms with Gasteiger partial charge in [0.15, 0.2) is 0 Å². The van der Waals surface area contributed by atoms with Crippen LogP contribution < -0.4 is 0 Å². The molecule has 1 aromatic rings. The van der Waals surface area contributed by atoms with Gasteiger partial charge in [0, 0.05) is 30.4 Å². The van der Waals surface area contributed by atoms with Crippen molar-refractivity contribution in [1.29, 1.82) is 0 Å². The van der Waals surface area contributed by atoms with Crippen molar-refractivity contribution in [2.24, 2.45) is 0 Å². The highest BCUT2D eigenvalue weighted by Gasteiger charge is 2.21. The van der Waals surface area contributed by atoms with Crippen molar-refractivity contribution < 1.29 is 9.90 Å². The first-order chi connectivity index (χ1) is 8.25. The lowest BCUT2D eigenvalue weighted by molar-refractivity contribution is -0.131. The predicted octanol–water partition coefficient (Wildman–Crippen LogP) is 1.16. The number of thioether (sulfide) groups is 1. The minimum Gasteiger partial charge on any atom is -0.391 e. The van der Waals surface area contributed by atoms with Crippen LogP contribution in [0.2, 0.25) is 0 Å². The van der Waals surface area contributed by atoms with Crippen LogP contribution in [0, 0.1) is 0 Å². The highest BCUT2D eigenvalue weighted by atomic mass is 32.2. The fraction of sp³-hybridized carbons (Fsp3) is 0.500. The van der Waals surface area contributed by atoms with Gasteiger partial charge in [-0.15, -0.1) is 11.8 Å². The number of piperidine rings is 1. The number of aliphatic hydroxyl groups is 1. The Bertz CT molecular complexity index is 372. The highest BCUT2D eigenvalue weighted by Crippen LogP contribution is 2.18. The minimum absolute atomic E-state index is 0.102. The number of aromatic nitrogens is 1. The van der Waals surface area contributed by atoms with Gasteiger partial charge < -0.3 is 10.0 Å². The van der Waals surface area contributed by atoms with Crippen LogP contribution in [0.15, 0.2) is 29.4 Å². The number of hydrogen-bond donors (Lipinski definition) is 1. The minimum atomic E-state index is -0.348. The molecule has 1 N–H and O–H groups in total. The molecule has 1 amide bonds. The van der Waals surface area contributed by atoms with Crippen LogP contribution in [-0.2, 0) is 4.79 Å². The van der Waals surface area contributed by atoms with Crippen molar-refractivity contribution in [3.05, 3.63) is 24.5 Å². The average Bonchev–Trinajstić information content (AvgIpc) is 2.37. The van der Waals surface area contributed by atoms with E-state index in [1.54, 1.807) is 17.3 Å². The van der Waals surface area contributed by atoms with Crippen LogP contribution in [0.5, 0.6) is 0 Å². The molecule has 0 unspecified atom stereocenters. The lowest BCUT2D eigenvalue weighted by Crippen LogP contribution is -2.42. The molecule has 0 bridgehead atoms. The maximum atomic E-state index is 11.9. The maximum Gasteiger partial charge on any atom is 0.233 e. The zero-order valence-electron chi connectivity index (χ0n) is 9.58. The molecule has 1 fully saturated rings. The van der Waals surface area contributed by atoms with Crippen LogP contribution in [0.4, 0.5) is 0 Å². The Labute approximate surface area is 105 Å². The number of β-amino-alcohol motifs (C(OH)–C–C–N with tert-alkyl or cyclic N) is 1. The van der Waals surface area contributed by atoms with Gasteiger partial charge in [-0.25, -0.2) is 0 Å². The van der Waals surface area contributed by atoms with Gasteiger partial charge in [0.1, 0.15) is 0 Å². The number of rotatable bonds is 3. The third-order valence-electron chi connectivity index (χ3n) is 2.76. The monoisotopic (exact) mass is 252 g/mol. The van der Waals surface area contributed by atoms with Crippen molar-refractivity contribution >= 4 is 17.7 Å². The van der Waals surface area contributed by atoms with Gasteiger partial charge >= 0.3 is 0 Å². The first kappa shape index (κ1) is 12.4. The third-order valence-corrected chi connectivity index (χ3v) is 3.76. The predicted molar refractivity (Wildman–Crippen MR) is 66.8 cm³/mol. The van der Waals surface area contributed by atoms with Crippen LogP contribution >= 0.6 is 11.8 Å². The number of carbonyl (C=O) groups excluding carboxylic acids is 1. The second-order valence-corrected chi connectivity index (χ2v) is 5.16. The smallest absolute Gasteiger partial charge is 0.233 e. The Morgan fingerprint density at radius 2 is 2.29 bits per heavy atom. The van der Waals surface area contributed by atoms with Crippen molar-refractivity contribution in [2.75, 3.05) is 18.8 Å². The topological polar surface area (TPSA) is 53.4 Å². The van der Waals surface area contributed by atoms with E-state index in [0.29, 0.717) is 12.3 Å². The van der Waals surface area contributed by atoms with Crippen molar-refractivity contribution in [2.45, 2.75) is 23.8 Å². The Balaban J connectivity index is 1.81. The molecule has 1 aliphatic heterocycles. The van der Waals surface area contributed by atoms with E-state index in [-0.39, 0.29) is 12.0 Å². The number of nitrogens with zero attached hydrogens (tertiary/aromatic N) is 2. The summed E-state index contributed by atoms with van der Waals surface area (Å²) in [7, 11) is 0. The molecule has 17 heavy (non-hydrogen) atoms. The largest absolute Gasteiger partial charge is 0.391 e. The van der Waals surface area contributed by atoms with Gasteiger partial charge in [-0.3, -0.25) is 9.78 Å². The summed E-state index contributed by atoms with van der Waals surface area (Å²) in [4.78, 5) is 18.6. The van der Waals surface area contributed by atoms with Crippen molar-refractivity contribution in [3.8, 4) is 0 Å². The molecule has 1 saturated heterocycles. The average molecular weight is 252 g/mol. The first-order valence-corrected chi connectivity index (χ1v) is 6.73. The molecule has 0 aliphatic carbocycles. The van der Waals surface area contributed by atoms with Gasteiger partial charge in [-0.05, 0) is 25.0 Å². The van der Waals surface area contributed by atoms with E-state index in [4.69, 9.17) is 0 Å². The first-order valence-electron chi connectivity index (χ1n) is 5.74. The number of aliphatic hydroxyl groups excluding tert-OH is 1. The zero-order chi connectivity index (χ0) is 12.1. The number of carbonyl (C=O) groups is 1. The fourth-order valence-corrected chi connectivity index (χ4v) is 2.64. The van der Waals surface area contributed by atoms with E-state index in [1.807, 2.05) is 12.1 Å². The normalized spacial score (nSPS) is 20.3. The van der Waals surface area contributed by atoms with Crippen LogP contribution in [0.1, 0.15) is 12.8 Å². The Hall–Kier alpha value is -1.07. The van der Waals surface area contributed by atoms with Gasteiger partial charge in [-0.2, -0.15) is 0 Å². The summed E-state index contributed by atoms with van der Waals surface area (Å²) in [5, 5.41) is 9.50. The number of hydrogen-bond acceptors (Lipinski definition) is 4. The van der Waals surface area contributed by atoms with Crippen LogP contribution in [-0.4, -0.2) is 45.8 Å². The Morgan fingerprint density at radius 3 is 3.00 bits per heavy atom. The summed E-state index contributed by atoms with van der Waals surface area (Å²) in [5.41, 5.74) is 0. The standard InChI is InChI=1S/C12H16N2O2S/c15-10-2-1-7-14(8-10)12(16)9-17-11-3-5-13-6-4-11/h3-6,10,15H,1-2,7-9H2/t10-/m1/s1. The molecular weight excluding hydrogens is 236 g/mol. The molecule has 4 nitrogen and oxygen atoms in total. The molecule has 0 spiro atoms. The summed E-state index contributed by atoms with van der Waals surface area (Å²) in [6, 6.07) is 3.78. The molecule has 2 rings (SSSR count). The SMILES string of the molecule is O=C(CSc1ccncc1)N1CCC[C@@H](O)C1. The zero-order valence-corrected chi connectivity index (χ0v) is 10.4. The summed E-state index contributed by atoms with van der Waals surface area (Å²) in [6.45, 7) is 1.25. The number of pyridine rings is 1. The molecule has 0 radical (unpaired) electrons. The molecule has 0 aromatic carbocycles. The molecule has 92 valence electrons. The Morgan fingerprint density at radius 1 is 1.53 bits per heavy atom. The summed E-state index contributed by atoms with van der Waals surface area (Å²) < 4.78 is 0. The maximum absolute atomic E-state index is 11.9. The second kappa shape index (κ2) is 6.02.